The molecule has 0 bridgehead atoms. The summed E-state index contributed by atoms with van der Waals surface area (Å²) in [5.41, 5.74) is 9.73. The highest BCUT2D eigenvalue weighted by Gasteiger charge is 2.14. The van der Waals surface area contributed by atoms with E-state index in [9.17, 15) is 0 Å². The maximum Gasteiger partial charge on any atom is 0.243 e. The van der Waals surface area contributed by atoms with Gasteiger partial charge in [0.05, 0.1) is 6.04 Å². The highest BCUT2D eigenvalue weighted by molar-refractivity contribution is 7.98. The third-order valence-corrected chi connectivity index (χ3v) is 3.72. The van der Waals surface area contributed by atoms with Crippen molar-refractivity contribution in [1.82, 2.24) is 10.1 Å². The fourth-order valence-corrected chi connectivity index (χ4v) is 2.70. The van der Waals surface area contributed by atoms with Gasteiger partial charge in [0.25, 0.3) is 0 Å². The van der Waals surface area contributed by atoms with Crippen molar-refractivity contribution >= 4 is 11.8 Å². The van der Waals surface area contributed by atoms with Crippen LogP contribution in [-0.4, -0.2) is 22.1 Å². The molecule has 1 aromatic heterocycles. The average Bonchev–Trinajstić information content (AvgIpc) is 2.83. The molecule has 0 fully saturated rings. The average molecular weight is 291 g/mol. The predicted molar refractivity (Wildman–Crippen MR) is 82.9 cm³/mol. The fraction of sp³-hybridized carbons (Fsp3) is 0.467. The summed E-state index contributed by atoms with van der Waals surface area (Å²) in [4.78, 5) is 4.41. The fourth-order valence-electron chi connectivity index (χ4n) is 2.21. The number of hydrogen-bond donors (Lipinski definition) is 1. The molecule has 0 amide bonds. The van der Waals surface area contributed by atoms with Gasteiger partial charge in [-0.1, -0.05) is 34.5 Å². The summed E-state index contributed by atoms with van der Waals surface area (Å²) in [5, 5.41) is 4.03. The smallest absolute Gasteiger partial charge is 0.243 e. The van der Waals surface area contributed by atoms with Gasteiger partial charge in [-0.05, 0) is 37.8 Å². The van der Waals surface area contributed by atoms with Gasteiger partial charge in [0.2, 0.25) is 5.89 Å². The molecule has 5 heteroatoms. The van der Waals surface area contributed by atoms with Crippen LogP contribution in [0.15, 0.2) is 22.7 Å². The topological polar surface area (TPSA) is 64.9 Å². The molecule has 2 N–H and O–H groups in total. The Labute approximate surface area is 124 Å². The zero-order chi connectivity index (χ0) is 14.5. The number of nitrogens with zero attached hydrogens (tertiary/aromatic N) is 2. The molecule has 1 aromatic carbocycles. The van der Waals surface area contributed by atoms with Gasteiger partial charge in [-0.3, -0.25) is 0 Å². The van der Waals surface area contributed by atoms with Crippen molar-refractivity contribution in [2.24, 2.45) is 5.73 Å². The van der Waals surface area contributed by atoms with E-state index in [-0.39, 0.29) is 6.04 Å². The first-order chi connectivity index (χ1) is 9.58. The van der Waals surface area contributed by atoms with E-state index in [4.69, 9.17) is 10.3 Å². The maximum atomic E-state index is 6.03. The Morgan fingerprint density at radius 2 is 1.95 bits per heavy atom. The first kappa shape index (κ1) is 15.1. The Hall–Kier alpha value is -1.33. The molecule has 2 aromatic rings. The van der Waals surface area contributed by atoms with E-state index >= 15 is 0 Å². The van der Waals surface area contributed by atoms with Crippen molar-refractivity contribution in [3.63, 3.8) is 0 Å². The van der Waals surface area contributed by atoms with E-state index in [0.29, 0.717) is 18.1 Å². The first-order valence-corrected chi connectivity index (χ1v) is 8.12. The quantitative estimate of drug-likeness (QED) is 0.886. The second-order valence-corrected chi connectivity index (χ2v) is 6.10. The van der Waals surface area contributed by atoms with Crippen molar-refractivity contribution in [2.75, 3.05) is 12.0 Å². The van der Waals surface area contributed by atoms with Crippen LogP contribution in [0.4, 0.5) is 0 Å². The molecule has 0 radical (unpaired) electrons. The van der Waals surface area contributed by atoms with Crippen LogP contribution in [0.2, 0.25) is 0 Å². The van der Waals surface area contributed by atoms with Gasteiger partial charge in [0.15, 0.2) is 5.82 Å². The van der Waals surface area contributed by atoms with Crippen molar-refractivity contribution in [1.29, 1.82) is 0 Å². The highest BCUT2D eigenvalue weighted by Crippen LogP contribution is 2.16. The molecule has 0 aliphatic rings. The molecule has 4 nitrogen and oxygen atoms in total. The van der Waals surface area contributed by atoms with Crippen molar-refractivity contribution in [3.8, 4) is 0 Å². The van der Waals surface area contributed by atoms with Crippen LogP contribution in [0.25, 0.3) is 0 Å². The molecule has 0 saturated carbocycles. The molecule has 0 aliphatic heterocycles. The van der Waals surface area contributed by atoms with Crippen LogP contribution in [0.1, 0.15) is 40.9 Å². The summed E-state index contributed by atoms with van der Waals surface area (Å²) in [5.74, 6) is 2.23. The number of nitrogens with two attached hydrogens (primary N) is 1. The molecule has 108 valence electrons. The van der Waals surface area contributed by atoms with Crippen LogP contribution in [-0.2, 0) is 6.42 Å². The van der Waals surface area contributed by atoms with Gasteiger partial charge in [-0.25, -0.2) is 0 Å². The van der Waals surface area contributed by atoms with Gasteiger partial charge in [0, 0.05) is 6.42 Å². The van der Waals surface area contributed by atoms with Crippen LogP contribution >= 0.6 is 11.8 Å². The summed E-state index contributed by atoms with van der Waals surface area (Å²) in [7, 11) is 0. The van der Waals surface area contributed by atoms with Crippen LogP contribution in [0.3, 0.4) is 0 Å². The maximum absolute atomic E-state index is 6.03. The Kier molecular flexibility index (Phi) is 5.20. The molecular formula is C15H21N3OS. The van der Waals surface area contributed by atoms with Gasteiger partial charge < -0.3 is 10.3 Å². The molecule has 2 rings (SSSR count). The summed E-state index contributed by atoms with van der Waals surface area (Å²) < 4.78 is 5.26. The van der Waals surface area contributed by atoms with Crippen molar-refractivity contribution < 1.29 is 4.52 Å². The number of aryl methyl sites for hydroxylation is 2. The molecule has 0 saturated heterocycles. The SMILES string of the molecule is CSCCC(N)c1nc(Cc2cc(C)cc(C)c2)no1. The van der Waals surface area contributed by atoms with Crippen LogP contribution in [0, 0.1) is 13.8 Å². The van der Waals surface area contributed by atoms with Gasteiger partial charge in [-0.2, -0.15) is 16.7 Å². The summed E-state index contributed by atoms with van der Waals surface area (Å²) >= 11 is 1.77. The second kappa shape index (κ2) is 6.90. The summed E-state index contributed by atoms with van der Waals surface area (Å²) in [6.45, 7) is 4.19. The second-order valence-electron chi connectivity index (χ2n) is 5.11. The standard InChI is InChI=1S/C15H21N3OS/c1-10-6-11(2)8-12(7-10)9-14-17-15(19-18-14)13(16)4-5-20-3/h6-8,13H,4-5,9,16H2,1-3H3. The van der Waals surface area contributed by atoms with E-state index in [0.717, 1.165) is 12.2 Å². The summed E-state index contributed by atoms with van der Waals surface area (Å²) in [6, 6.07) is 6.29. The van der Waals surface area contributed by atoms with Gasteiger partial charge in [-0.15, -0.1) is 0 Å². The number of thioether (sulfide) groups is 1. The number of benzene rings is 1. The Balaban J connectivity index is 2.05. The molecule has 1 unspecified atom stereocenters. The highest BCUT2D eigenvalue weighted by atomic mass is 32.2. The third-order valence-electron chi connectivity index (χ3n) is 3.08. The zero-order valence-corrected chi connectivity index (χ0v) is 13.0. The Bertz CT molecular complexity index is 548. The van der Waals surface area contributed by atoms with E-state index in [1.54, 1.807) is 11.8 Å². The van der Waals surface area contributed by atoms with Crippen molar-refractivity contribution in [2.45, 2.75) is 32.7 Å². The molecular weight excluding hydrogens is 270 g/mol. The zero-order valence-electron chi connectivity index (χ0n) is 12.2. The Morgan fingerprint density at radius 3 is 2.60 bits per heavy atom. The van der Waals surface area contributed by atoms with Crippen molar-refractivity contribution in [3.05, 3.63) is 46.6 Å². The van der Waals surface area contributed by atoms with Gasteiger partial charge in [0.1, 0.15) is 0 Å². The van der Waals surface area contributed by atoms with E-state index in [1.165, 1.54) is 16.7 Å². The lowest BCUT2D eigenvalue weighted by molar-refractivity contribution is 0.349. The minimum atomic E-state index is -0.164. The van der Waals surface area contributed by atoms with E-state index in [1.807, 2.05) is 0 Å². The number of hydrogen-bond acceptors (Lipinski definition) is 5. The normalized spacial score (nSPS) is 12.6. The molecule has 0 aliphatic carbocycles. The molecule has 1 heterocycles. The lowest BCUT2D eigenvalue weighted by Gasteiger charge is -2.04. The minimum absolute atomic E-state index is 0.164. The van der Waals surface area contributed by atoms with Crippen LogP contribution < -0.4 is 5.73 Å². The monoisotopic (exact) mass is 291 g/mol. The van der Waals surface area contributed by atoms with Gasteiger partial charge >= 0.3 is 0 Å². The molecule has 0 spiro atoms. The molecule has 20 heavy (non-hydrogen) atoms. The van der Waals surface area contributed by atoms with Crippen LogP contribution in [0.5, 0.6) is 0 Å². The van der Waals surface area contributed by atoms with E-state index < -0.39 is 0 Å². The predicted octanol–water partition coefficient (Wildman–Crippen LogP) is 3.03. The summed E-state index contributed by atoms with van der Waals surface area (Å²) in [6.07, 6.45) is 3.60. The first-order valence-electron chi connectivity index (χ1n) is 6.72. The third kappa shape index (κ3) is 4.08. The van der Waals surface area contributed by atoms with E-state index in [2.05, 4.69) is 48.4 Å². The minimum Gasteiger partial charge on any atom is -0.338 e. The number of rotatable bonds is 6. The largest absolute Gasteiger partial charge is 0.338 e. The number of aromatic nitrogens is 2. The molecule has 1 atom stereocenters. The lowest BCUT2D eigenvalue weighted by Crippen LogP contribution is -2.11. The lowest BCUT2D eigenvalue weighted by atomic mass is 10.1. The Morgan fingerprint density at radius 1 is 1.25 bits per heavy atom.